The van der Waals surface area contributed by atoms with E-state index in [1.807, 2.05) is 6.07 Å². The van der Waals surface area contributed by atoms with Crippen molar-refractivity contribution in [3.63, 3.8) is 0 Å². The molecule has 3 unspecified atom stereocenters. The average Bonchev–Trinajstić information content (AvgIpc) is 3.09. The molecule has 3 atom stereocenters. The third-order valence-electron chi connectivity index (χ3n) is 4.32. The molecule has 0 aromatic carbocycles. The van der Waals surface area contributed by atoms with Crippen LogP contribution >= 0.6 is 0 Å². The van der Waals surface area contributed by atoms with Gasteiger partial charge in [-0.1, -0.05) is 0 Å². The number of nitrogens with zero attached hydrogens (tertiary/aromatic N) is 2. The first-order chi connectivity index (χ1) is 10.2. The zero-order chi connectivity index (χ0) is 14.4. The minimum absolute atomic E-state index is 0.0490. The van der Waals surface area contributed by atoms with Crippen LogP contribution in [-0.4, -0.2) is 39.8 Å². The maximum Gasteiger partial charge on any atom is 0.354 e. The van der Waals surface area contributed by atoms with Crippen LogP contribution in [0.4, 0.5) is 5.82 Å². The molecule has 21 heavy (non-hydrogen) atoms. The lowest BCUT2D eigenvalue weighted by atomic mass is 10.1. The Labute approximate surface area is 121 Å². The number of aromatic nitrogens is 2. The number of anilines is 1. The van der Waals surface area contributed by atoms with E-state index < -0.39 is 5.97 Å². The third-order valence-corrected chi connectivity index (χ3v) is 4.32. The quantitative estimate of drug-likeness (QED) is 0.896. The minimum atomic E-state index is -1.02. The van der Waals surface area contributed by atoms with Crippen LogP contribution in [0.25, 0.3) is 10.9 Å². The largest absolute Gasteiger partial charge is 0.477 e. The summed E-state index contributed by atoms with van der Waals surface area (Å²) < 4.78 is 5.59. The van der Waals surface area contributed by atoms with Crippen LogP contribution < -0.4 is 5.32 Å². The Balaban J connectivity index is 1.62. The van der Waals surface area contributed by atoms with Crippen molar-refractivity contribution in [2.45, 2.75) is 25.0 Å². The van der Waals surface area contributed by atoms with Gasteiger partial charge in [0.05, 0.1) is 18.2 Å². The van der Waals surface area contributed by atoms with Gasteiger partial charge in [-0.25, -0.2) is 14.8 Å². The summed E-state index contributed by atoms with van der Waals surface area (Å²) in [6, 6.07) is 5.42. The molecule has 108 valence electrons. The zero-order valence-electron chi connectivity index (χ0n) is 11.3. The Morgan fingerprint density at radius 3 is 3.00 bits per heavy atom. The van der Waals surface area contributed by atoms with Gasteiger partial charge in [-0.2, -0.15) is 0 Å². The van der Waals surface area contributed by atoms with Gasteiger partial charge in [0.1, 0.15) is 11.5 Å². The van der Waals surface area contributed by atoms with Crippen molar-refractivity contribution in [3.05, 3.63) is 30.1 Å². The van der Waals surface area contributed by atoms with Crippen LogP contribution in [0.2, 0.25) is 0 Å². The summed E-state index contributed by atoms with van der Waals surface area (Å²) in [5.41, 5.74) is 0.694. The lowest BCUT2D eigenvalue weighted by Gasteiger charge is -2.23. The number of ether oxygens (including phenoxy) is 1. The van der Waals surface area contributed by atoms with Crippen LogP contribution in [-0.2, 0) is 4.74 Å². The molecule has 4 rings (SSSR count). The summed E-state index contributed by atoms with van der Waals surface area (Å²) in [6.07, 6.45) is 4.23. The molecule has 0 radical (unpaired) electrons. The van der Waals surface area contributed by atoms with Crippen LogP contribution in [0.1, 0.15) is 23.3 Å². The summed E-state index contributed by atoms with van der Waals surface area (Å²) >= 11 is 0. The second-order valence-corrected chi connectivity index (χ2v) is 5.70. The second kappa shape index (κ2) is 4.66. The second-order valence-electron chi connectivity index (χ2n) is 5.70. The predicted molar refractivity (Wildman–Crippen MR) is 76.4 cm³/mol. The monoisotopic (exact) mass is 285 g/mol. The van der Waals surface area contributed by atoms with Crippen molar-refractivity contribution in [3.8, 4) is 0 Å². The number of pyridine rings is 2. The molecular weight excluding hydrogens is 270 g/mol. The van der Waals surface area contributed by atoms with Gasteiger partial charge in [0, 0.05) is 29.6 Å². The number of fused-ring (bicyclic) bond motifs is 3. The smallest absolute Gasteiger partial charge is 0.354 e. The van der Waals surface area contributed by atoms with Crippen LogP contribution in [0.3, 0.4) is 0 Å². The van der Waals surface area contributed by atoms with E-state index in [-0.39, 0.29) is 5.69 Å². The first-order valence-electron chi connectivity index (χ1n) is 7.07. The Bertz CT molecular complexity index is 718. The fourth-order valence-corrected chi connectivity index (χ4v) is 3.23. The highest BCUT2D eigenvalue weighted by Gasteiger charge is 2.40. The summed E-state index contributed by atoms with van der Waals surface area (Å²) in [4.78, 5) is 19.5. The van der Waals surface area contributed by atoms with E-state index in [2.05, 4.69) is 15.3 Å². The number of hydrogen-bond donors (Lipinski definition) is 2. The Hall–Kier alpha value is -2.21. The molecule has 1 aliphatic carbocycles. The van der Waals surface area contributed by atoms with E-state index in [9.17, 15) is 4.79 Å². The lowest BCUT2D eigenvalue weighted by Crippen LogP contribution is -2.30. The van der Waals surface area contributed by atoms with Gasteiger partial charge in [0.15, 0.2) is 0 Å². The van der Waals surface area contributed by atoms with Gasteiger partial charge < -0.3 is 15.2 Å². The first kappa shape index (κ1) is 12.5. The van der Waals surface area contributed by atoms with Crippen molar-refractivity contribution in [1.82, 2.24) is 9.97 Å². The minimum Gasteiger partial charge on any atom is -0.477 e. The van der Waals surface area contributed by atoms with Crippen molar-refractivity contribution in [2.24, 2.45) is 5.92 Å². The maximum absolute atomic E-state index is 11.0. The Kier molecular flexibility index (Phi) is 2.78. The molecule has 2 aromatic rings. The summed E-state index contributed by atoms with van der Waals surface area (Å²) in [7, 11) is 0. The summed E-state index contributed by atoms with van der Waals surface area (Å²) in [5, 5.41) is 13.3. The molecule has 1 saturated carbocycles. The van der Waals surface area contributed by atoms with Crippen LogP contribution in [0.5, 0.6) is 0 Å². The van der Waals surface area contributed by atoms with E-state index >= 15 is 0 Å². The van der Waals surface area contributed by atoms with E-state index in [1.54, 1.807) is 12.3 Å². The van der Waals surface area contributed by atoms with Gasteiger partial charge >= 0.3 is 5.97 Å². The van der Waals surface area contributed by atoms with E-state index in [0.717, 1.165) is 30.7 Å². The van der Waals surface area contributed by atoms with Gasteiger partial charge in [-0.3, -0.25) is 0 Å². The molecule has 0 spiro atoms. The lowest BCUT2D eigenvalue weighted by molar-refractivity contribution is 0.0690. The fraction of sp³-hybridized carbons (Fsp3) is 0.400. The highest BCUT2D eigenvalue weighted by atomic mass is 16.5. The van der Waals surface area contributed by atoms with E-state index in [1.165, 1.54) is 6.07 Å². The topological polar surface area (TPSA) is 84.3 Å². The molecule has 2 N–H and O–H groups in total. The number of aromatic carboxylic acids is 1. The number of nitrogens with one attached hydrogen (secondary N) is 1. The van der Waals surface area contributed by atoms with Crippen molar-refractivity contribution in [1.29, 1.82) is 0 Å². The molecule has 6 heteroatoms. The number of hydrogen-bond acceptors (Lipinski definition) is 5. The summed E-state index contributed by atoms with van der Waals surface area (Å²) in [5.74, 6) is 0.273. The third kappa shape index (κ3) is 2.21. The van der Waals surface area contributed by atoms with Gasteiger partial charge in [-0.05, 0) is 25.0 Å². The SMILES string of the molecule is O=C(O)c1ccc2cnc(NC3CC4CC3CO4)cc2n1. The highest BCUT2D eigenvalue weighted by Crippen LogP contribution is 2.36. The number of carbonyl (C=O) groups is 1. The van der Waals surface area contributed by atoms with Gasteiger partial charge in [-0.15, -0.1) is 0 Å². The molecule has 1 aliphatic heterocycles. The van der Waals surface area contributed by atoms with Crippen molar-refractivity contribution in [2.75, 3.05) is 11.9 Å². The highest BCUT2D eigenvalue weighted by molar-refractivity contribution is 5.90. The van der Waals surface area contributed by atoms with Crippen molar-refractivity contribution < 1.29 is 14.6 Å². The van der Waals surface area contributed by atoms with E-state index in [0.29, 0.717) is 23.6 Å². The first-order valence-corrected chi connectivity index (χ1v) is 7.07. The maximum atomic E-state index is 11.0. The molecule has 1 saturated heterocycles. The van der Waals surface area contributed by atoms with Crippen LogP contribution in [0.15, 0.2) is 24.4 Å². The Morgan fingerprint density at radius 2 is 2.29 bits per heavy atom. The molecule has 2 bridgehead atoms. The molecule has 3 heterocycles. The fourth-order valence-electron chi connectivity index (χ4n) is 3.23. The number of carboxylic acids is 1. The van der Waals surface area contributed by atoms with Gasteiger partial charge in [0.25, 0.3) is 0 Å². The predicted octanol–water partition coefficient (Wildman–Crippen LogP) is 1.92. The molecule has 6 nitrogen and oxygen atoms in total. The molecule has 2 fully saturated rings. The summed E-state index contributed by atoms with van der Waals surface area (Å²) in [6.45, 7) is 0.817. The number of carboxylic acid groups (broad SMARTS) is 1. The number of rotatable bonds is 3. The molecule has 0 amide bonds. The normalized spacial score (nSPS) is 27.1. The van der Waals surface area contributed by atoms with Crippen molar-refractivity contribution >= 4 is 22.7 Å². The molecule has 2 aliphatic rings. The van der Waals surface area contributed by atoms with Crippen LogP contribution in [0, 0.1) is 5.92 Å². The van der Waals surface area contributed by atoms with Gasteiger partial charge in [0.2, 0.25) is 0 Å². The zero-order valence-corrected chi connectivity index (χ0v) is 11.3. The molecular formula is C15H15N3O3. The average molecular weight is 285 g/mol. The standard InChI is InChI=1S/C15H15N3O3/c19-15(20)11-2-1-8-6-16-14(5-13(8)17-11)18-12-4-10-3-9(12)7-21-10/h1-2,5-6,9-10,12H,3-4,7H2,(H,16,18)(H,19,20). The molecule has 2 aromatic heterocycles. The Morgan fingerprint density at radius 1 is 1.38 bits per heavy atom. The van der Waals surface area contributed by atoms with E-state index in [4.69, 9.17) is 9.84 Å².